The molecule has 0 unspecified atom stereocenters. The Morgan fingerprint density at radius 1 is 1.11 bits per heavy atom. The van der Waals surface area contributed by atoms with Crippen LogP contribution in [0.1, 0.15) is 63.1 Å². The molecule has 0 bridgehead atoms. The molecule has 0 amide bonds. The van der Waals surface area contributed by atoms with Gasteiger partial charge >= 0.3 is 0 Å². The fourth-order valence-electron chi connectivity index (χ4n) is 4.66. The highest BCUT2D eigenvalue weighted by atomic mass is 16.5. The first-order valence-corrected chi connectivity index (χ1v) is 10.7. The SMILES string of the molecule is COc1ccccc1[C@@H](CC[NH2+][C@H](C)c1ccccc1)[C@@H]1CCOC(C)(C)C1. The molecule has 1 aliphatic rings. The van der Waals surface area contributed by atoms with Crippen LogP contribution in [0.4, 0.5) is 0 Å². The lowest BCUT2D eigenvalue weighted by molar-refractivity contribution is -0.693. The van der Waals surface area contributed by atoms with E-state index in [2.05, 4.69) is 80.7 Å². The van der Waals surface area contributed by atoms with Crippen LogP contribution < -0.4 is 10.1 Å². The largest absolute Gasteiger partial charge is 0.496 e. The molecule has 0 aliphatic carbocycles. The van der Waals surface area contributed by atoms with Crippen LogP contribution >= 0.6 is 0 Å². The number of ether oxygens (including phenoxy) is 2. The Morgan fingerprint density at radius 2 is 1.82 bits per heavy atom. The standard InChI is InChI=1S/C25H35NO2/c1-19(20-10-6-5-7-11-20)26-16-14-22(21-15-17-28-25(2,3)18-21)23-12-8-9-13-24(23)27-4/h5-13,19,21-22,26H,14-18H2,1-4H3/p+1/t19-,21-,22+/m1/s1. The van der Waals surface area contributed by atoms with Crippen molar-refractivity contribution in [1.29, 1.82) is 0 Å². The van der Waals surface area contributed by atoms with Crippen LogP contribution in [0.15, 0.2) is 54.6 Å². The van der Waals surface area contributed by atoms with E-state index < -0.39 is 0 Å². The van der Waals surface area contributed by atoms with Crippen LogP contribution in [0, 0.1) is 5.92 Å². The molecule has 3 atom stereocenters. The third-order valence-electron chi connectivity index (χ3n) is 6.17. The Labute approximate surface area is 170 Å². The highest BCUT2D eigenvalue weighted by molar-refractivity contribution is 5.36. The highest BCUT2D eigenvalue weighted by Gasteiger charge is 2.35. The van der Waals surface area contributed by atoms with E-state index in [0.29, 0.717) is 17.9 Å². The van der Waals surface area contributed by atoms with Gasteiger partial charge in [0, 0.05) is 18.6 Å². The molecule has 0 radical (unpaired) electrons. The molecule has 3 heteroatoms. The average Bonchev–Trinajstić information content (AvgIpc) is 2.71. The monoisotopic (exact) mass is 382 g/mol. The first kappa shape index (κ1) is 20.9. The summed E-state index contributed by atoms with van der Waals surface area (Å²) in [5.41, 5.74) is 2.71. The van der Waals surface area contributed by atoms with Gasteiger partial charge in [0.1, 0.15) is 11.8 Å². The van der Waals surface area contributed by atoms with Crippen LogP contribution in [0.3, 0.4) is 0 Å². The Hall–Kier alpha value is -1.84. The first-order valence-electron chi connectivity index (χ1n) is 10.7. The van der Waals surface area contributed by atoms with Crippen molar-refractivity contribution in [2.45, 2.75) is 57.6 Å². The Bertz CT molecular complexity index is 728. The normalized spacial score (nSPS) is 21.1. The van der Waals surface area contributed by atoms with Crippen molar-refractivity contribution < 1.29 is 14.8 Å². The van der Waals surface area contributed by atoms with Gasteiger partial charge in [-0.15, -0.1) is 0 Å². The second-order valence-electron chi connectivity index (χ2n) is 8.72. The van der Waals surface area contributed by atoms with Crippen molar-refractivity contribution >= 4 is 0 Å². The maximum Gasteiger partial charge on any atom is 0.122 e. The summed E-state index contributed by atoms with van der Waals surface area (Å²) in [6, 6.07) is 19.8. The minimum Gasteiger partial charge on any atom is -0.496 e. The molecule has 3 rings (SSSR count). The number of benzene rings is 2. The zero-order valence-electron chi connectivity index (χ0n) is 17.9. The first-order chi connectivity index (χ1) is 13.5. The summed E-state index contributed by atoms with van der Waals surface area (Å²) < 4.78 is 11.7. The fourth-order valence-corrected chi connectivity index (χ4v) is 4.66. The number of rotatable bonds is 8. The summed E-state index contributed by atoms with van der Waals surface area (Å²) in [6.45, 7) is 8.71. The van der Waals surface area contributed by atoms with Crippen molar-refractivity contribution in [2.24, 2.45) is 5.92 Å². The number of para-hydroxylation sites is 1. The molecule has 152 valence electrons. The van der Waals surface area contributed by atoms with Crippen molar-refractivity contribution in [3.8, 4) is 5.75 Å². The Balaban J connectivity index is 1.73. The summed E-state index contributed by atoms with van der Waals surface area (Å²) in [5, 5.41) is 2.47. The fraction of sp³-hybridized carbons (Fsp3) is 0.520. The van der Waals surface area contributed by atoms with Gasteiger partial charge in [-0.2, -0.15) is 0 Å². The van der Waals surface area contributed by atoms with Gasteiger partial charge in [-0.1, -0.05) is 48.5 Å². The molecule has 2 aromatic rings. The van der Waals surface area contributed by atoms with Gasteiger partial charge in [-0.3, -0.25) is 0 Å². The molecule has 1 saturated heterocycles. The molecule has 1 heterocycles. The lowest BCUT2D eigenvalue weighted by Gasteiger charge is -2.39. The van der Waals surface area contributed by atoms with E-state index in [1.54, 1.807) is 7.11 Å². The molecule has 1 fully saturated rings. The number of hydrogen-bond donors (Lipinski definition) is 1. The minimum absolute atomic E-state index is 0.0375. The molecule has 0 saturated carbocycles. The van der Waals surface area contributed by atoms with Crippen molar-refractivity contribution in [1.82, 2.24) is 0 Å². The van der Waals surface area contributed by atoms with Crippen LogP contribution in [0.5, 0.6) is 5.75 Å². The van der Waals surface area contributed by atoms with Gasteiger partial charge in [-0.25, -0.2) is 0 Å². The van der Waals surface area contributed by atoms with Crippen LogP contribution in [0.2, 0.25) is 0 Å². The summed E-state index contributed by atoms with van der Waals surface area (Å²) in [6.07, 6.45) is 3.38. The predicted molar refractivity (Wildman–Crippen MR) is 115 cm³/mol. The van der Waals surface area contributed by atoms with Crippen molar-refractivity contribution in [3.63, 3.8) is 0 Å². The molecule has 1 aliphatic heterocycles. The maximum atomic E-state index is 6.00. The number of quaternary nitrogens is 1. The van der Waals surface area contributed by atoms with Gasteiger partial charge in [0.25, 0.3) is 0 Å². The molecule has 3 nitrogen and oxygen atoms in total. The molecule has 2 N–H and O–H groups in total. The lowest BCUT2D eigenvalue weighted by Crippen LogP contribution is -2.84. The van der Waals surface area contributed by atoms with E-state index in [9.17, 15) is 0 Å². The van der Waals surface area contributed by atoms with Gasteiger partial charge < -0.3 is 14.8 Å². The van der Waals surface area contributed by atoms with E-state index in [-0.39, 0.29) is 5.60 Å². The summed E-state index contributed by atoms with van der Waals surface area (Å²) in [7, 11) is 1.79. The molecule has 28 heavy (non-hydrogen) atoms. The van der Waals surface area contributed by atoms with Crippen molar-refractivity contribution in [2.75, 3.05) is 20.3 Å². The lowest BCUT2D eigenvalue weighted by atomic mass is 9.75. The third-order valence-corrected chi connectivity index (χ3v) is 6.17. The molecule has 0 aromatic heterocycles. The summed E-state index contributed by atoms with van der Waals surface area (Å²) >= 11 is 0. The topological polar surface area (TPSA) is 35.1 Å². The molecular formula is C25H36NO2+. The zero-order valence-corrected chi connectivity index (χ0v) is 17.9. The van der Waals surface area contributed by atoms with Crippen LogP contribution in [0.25, 0.3) is 0 Å². The average molecular weight is 383 g/mol. The smallest absolute Gasteiger partial charge is 0.122 e. The molecule has 0 spiro atoms. The predicted octanol–water partition coefficient (Wildman–Crippen LogP) is 4.70. The van der Waals surface area contributed by atoms with Gasteiger partial charge in [0.15, 0.2) is 0 Å². The second-order valence-corrected chi connectivity index (χ2v) is 8.72. The van der Waals surface area contributed by atoms with Crippen LogP contribution in [-0.4, -0.2) is 25.9 Å². The Morgan fingerprint density at radius 3 is 2.54 bits per heavy atom. The summed E-state index contributed by atoms with van der Waals surface area (Å²) in [4.78, 5) is 0. The third kappa shape index (κ3) is 5.36. The maximum absolute atomic E-state index is 6.00. The van der Waals surface area contributed by atoms with Gasteiger partial charge in [-0.05, 0) is 57.1 Å². The summed E-state index contributed by atoms with van der Waals surface area (Å²) in [5.74, 6) is 2.15. The van der Waals surface area contributed by atoms with Crippen LogP contribution in [-0.2, 0) is 4.74 Å². The van der Waals surface area contributed by atoms with Gasteiger partial charge in [0.05, 0.1) is 19.3 Å². The van der Waals surface area contributed by atoms with E-state index >= 15 is 0 Å². The Kier molecular flexibility index (Phi) is 7.14. The highest BCUT2D eigenvalue weighted by Crippen LogP contribution is 2.42. The van der Waals surface area contributed by atoms with E-state index in [0.717, 1.165) is 38.2 Å². The van der Waals surface area contributed by atoms with E-state index in [1.165, 1.54) is 11.1 Å². The number of methoxy groups -OCH3 is 1. The molecule has 2 aromatic carbocycles. The quantitative estimate of drug-likeness (QED) is 0.718. The van der Waals surface area contributed by atoms with Crippen molar-refractivity contribution in [3.05, 3.63) is 65.7 Å². The number of hydrogen-bond acceptors (Lipinski definition) is 2. The van der Waals surface area contributed by atoms with Gasteiger partial charge in [0.2, 0.25) is 0 Å². The molecular weight excluding hydrogens is 346 g/mol. The van der Waals surface area contributed by atoms with E-state index in [1.807, 2.05) is 0 Å². The minimum atomic E-state index is -0.0375. The number of nitrogens with two attached hydrogens (primary N) is 1. The second kappa shape index (κ2) is 9.58. The zero-order chi connectivity index (χ0) is 20.0. The van der Waals surface area contributed by atoms with E-state index in [4.69, 9.17) is 9.47 Å².